The maximum absolute atomic E-state index is 13.3. The van der Waals surface area contributed by atoms with Crippen LogP contribution in [-0.2, 0) is 16.1 Å². The molecule has 1 heterocycles. The van der Waals surface area contributed by atoms with Crippen LogP contribution in [0.4, 0.5) is 5.69 Å². The Morgan fingerprint density at radius 2 is 1.96 bits per heavy atom. The third kappa shape index (κ3) is 2.55. The zero-order valence-electron chi connectivity index (χ0n) is 15.7. The number of ether oxygens (including phenoxy) is 1. The van der Waals surface area contributed by atoms with Crippen molar-refractivity contribution < 1.29 is 9.53 Å². The lowest BCUT2D eigenvalue weighted by atomic mass is 9.75. The van der Waals surface area contributed by atoms with Crippen LogP contribution in [0, 0.1) is 23.2 Å². The van der Waals surface area contributed by atoms with Crippen LogP contribution < -0.4 is 10.9 Å². The number of carbonyl (C=O) groups is 1. The highest BCUT2D eigenvalue weighted by Crippen LogP contribution is 2.65. The van der Waals surface area contributed by atoms with E-state index in [1.165, 1.54) is 19.3 Å². The van der Waals surface area contributed by atoms with E-state index in [9.17, 15) is 9.59 Å². The molecular weight excluding hydrogens is 340 g/mol. The molecule has 0 saturated heterocycles. The number of hydrogen-bond donors (Lipinski definition) is 1. The van der Waals surface area contributed by atoms with Gasteiger partial charge in [-0.3, -0.25) is 9.59 Å². The molecule has 4 saturated carbocycles. The molecule has 1 N–H and O–H groups in total. The van der Waals surface area contributed by atoms with Gasteiger partial charge in [-0.25, -0.2) is 0 Å². The molecule has 0 aliphatic heterocycles. The normalized spacial score (nSPS) is 30.9. The minimum Gasteiger partial charge on any atom is -0.383 e. The Balaban J connectivity index is 1.46. The Morgan fingerprint density at radius 1 is 1.19 bits per heavy atom. The minimum atomic E-state index is -0.163. The smallest absolute Gasteiger partial charge is 0.258 e. The quantitative estimate of drug-likeness (QED) is 0.882. The summed E-state index contributed by atoms with van der Waals surface area (Å²) in [7, 11) is 1.63. The molecule has 2 aromatic rings. The summed E-state index contributed by atoms with van der Waals surface area (Å²) in [5, 5.41) is 4.67. The second-order valence-corrected chi connectivity index (χ2v) is 8.73. The fraction of sp³-hybridized carbons (Fsp3) is 0.545. The van der Waals surface area contributed by atoms with Crippen molar-refractivity contribution >= 4 is 22.4 Å². The van der Waals surface area contributed by atoms with Crippen LogP contribution in [0.15, 0.2) is 35.3 Å². The van der Waals surface area contributed by atoms with E-state index in [1.54, 1.807) is 17.9 Å². The second kappa shape index (κ2) is 6.20. The Morgan fingerprint density at radius 3 is 2.70 bits per heavy atom. The standard InChI is InChI=1S/C22H26N2O3/c1-27-8-7-24-6-5-17-18(20(24)25)3-2-4-19(17)23-21(26)22-12-14-9-15(13-22)11-16(22)10-14/h2-6,14-16H,7-13H2,1H3,(H,23,26)/t14-,15?,16?,22?/m0/s1. The van der Waals surface area contributed by atoms with Crippen molar-refractivity contribution in [1.82, 2.24) is 4.57 Å². The number of nitrogens with one attached hydrogen (secondary N) is 1. The zero-order chi connectivity index (χ0) is 18.6. The number of amides is 1. The predicted molar refractivity (Wildman–Crippen MR) is 105 cm³/mol. The van der Waals surface area contributed by atoms with E-state index >= 15 is 0 Å². The average Bonchev–Trinajstić information content (AvgIpc) is 3.07. The average molecular weight is 366 g/mol. The van der Waals surface area contributed by atoms with Crippen LogP contribution >= 0.6 is 0 Å². The molecule has 142 valence electrons. The van der Waals surface area contributed by atoms with Crippen LogP contribution in [-0.4, -0.2) is 24.2 Å². The van der Waals surface area contributed by atoms with Gasteiger partial charge in [0.1, 0.15) is 0 Å². The maximum atomic E-state index is 13.3. The molecule has 4 bridgehead atoms. The fourth-order valence-corrected chi connectivity index (χ4v) is 6.21. The van der Waals surface area contributed by atoms with Gasteiger partial charge in [-0.05, 0) is 68.1 Å². The third-order valence-electron chi connectivity index (χ3n) is 7.24. The number of nitrogens with zero attached hydrogens (tertiary/aromatic N) is 1. The van der Waals surface area contributed by atoms with Gasteiger partial charge < -0.3 is 14.6 Å². The number of aromatic nitrogens is 1. The summed E-state index contributed by atoms with van der Waals surface area (Å²) in [5.41, 5.74) is 0.553. The lowest BCUT2D eigenvalue weighted by Gasteiger charge is -2.31. The highest BCUT2D eigenvalue weighted by atomic mass is 16.5. The number of carbonyl (C=O) groups excluding carboxylic acids is 1. The summed E-state index contributed by atoms with van der Waals surface area (Å²) in [5.74, 6) is 2.22. The molecular formula is C22H26N2O3. The number of pyridine rings is 1. The Labute approximate surface area is 158 Å². The second-order valence-electron chi connectivity index (χ2n) is 8.73. The Bertz CT molecular complexity index is 950. The van der Waals surface area contributed by atoms with Gasteiger partial charge in [-0.2, -0.15) is 0 Å². The summed E-state index contributed by atoms with van der Waals surface area (Å²) in [6.07, 6.45) is 7.66. The first kappa shape index (κ1) is 17.0. The zero-order valence-corrected chi connectivity index (χ0v) is 15.7. The van der Waals surface area contributed by atoms with Gasteiger partial charge >= 0.3 is 0 Å². The van der Waals surface area contributed by atoms with Gasteiger partial charge in [0.2, 0.25) is 5.91 Å². The maximum Gasteiger partial charge on any atom is 0.258 e. The number of rotatable bonds is 5. The summed E-state index contributed by atoms with van der Waals surface area (Å²) in [4.78, 5) is 26.1. The van der Waals surface area contributed by atoms with Crippen molar-refractivity contribution in [2.75, 3.05) is 19.0 Å². The van der Waals surface area contributed by atoms with E-state index in [2.05, 4.69) is 5.32 Å². The lowest BCUT2D eigenvalue weighted by molar-refractivity contribution is -0.127. The van der Waals surface area contributed by atoms with Gasteiger partial charge in [0.05, 0.1) is 12.0 Å². The van der Waals surface area contributed by atoms with Crippen LogP contribution in [0.3, 0.4) is 0 Å². The van der Waals surface area contributed by atoms with E-state index in [0.717, 1.165) is 35.8 Å². The molecule has 6 rings (SSSR count). The molecule has 1 aromatic carbocycles. The van der Waals surface area contributed by atoms with Crippen molar-refractivity contribution in [3.63, 3.8) is 0 Å². The molecule has 4 atom stereocenters. The summed E-state index contributed by atoms with van der Waals surface area (Å²) >= 11 is 0. The Kier molecular flexibility index (Phi) is 3.90. The summed E-state index contributed by atoms with van der Waals surface area (Å²) < 4.78 is 6.74. The fourth-order valence-electron chi connectivity index (χ4n) is 6.21. The van der Waals surface area contributed by atoms with Crippen LogP contribution in [0.5, 0.6) is 0 Å². The molecule has 3 unspecified atom stereocenters. The van der Waals surface area contributed by atoms with Crippen LogP contribution in [0.2, 0.25) is 0 Å². The number of anilines is 1. The first-order chi connectivity index (χ1) is 13.1. The third-order valence-corrected chi connectivity index (χ3v) is 7.24. The molecule has 0 spiro atoms. The predicted octanol–water partition coefficient (Wildman–Crippen LogP) is 3.41. The largest absolute Gasteiger partial charge is 0.383 e. The van der Waals surface area contributed by atoms with Crippen molar-refractivity contribution in [1.29, 1.82) is 0 Å². The molecule has 4 aliphatic carbocycles. The number of fused-ring (bicyclic) bond motifs is 1. The number of benzene rings is 1. The highest BCUT2D eigenvalue weighted by Gasteiger charge is 2.61. The number of methoxy groups -OCH3 is 1. The molecule has 27 heavy (non-hydrogen) atoms. The summed E-state index contributed by atoms with van der Waals surface area (Å²) in [6.45, 7) is 1.02. The molecule has 4 fully saturated rings. The number of hydrogen-bond acceptors (Lipinski definition) is 3. The van der Waals surface area contributed by atoms with Crippen LogP contribution in [0.1, 0.15) is 32.1 Å². The topological polar surface area (TPSA) is 60.3 Å². The van der Waals surface area contributed by atoms with Crippen molar-refractivity contribution in [3.8, 4) is 0 Å². The summed E-state index contributed by atoms with van der Waals surface area (Å²) in [6, 6.07) is 7.53. The van der Waals surface area contributed by atoms with E-state index in [-0.39, 0.29) is 16.9 Å². The van der Waals surface area contributed by atoms with Crippen molar-refractivity contribution in [2.45, 2.75) is 38.6 Å². The van der Waals surface area contributed by atoms with Crippen molar-refractivity contribution in [3.05, 3.63) is 40.8 Å². The van der Waals surface area contributed by atoms with Gasteiger partial charge in [0.25, 0.3) is 5.56 Å². The van der Waals surface area contributed by atoms with E-state index < -0.39 is 0 Å². The Hall–Kier alpha value is -2.14. The van der Waals surface area contributed by atoms with E-state index in [0.29, 0.717) is 24.5 Å². The molecule has 5 heteroatoms. The van der Waals surface area contributed by atoms with E-state index in [1.807, 2.05) is 24.3 Å². The molecule has 1 aromatic heterocycles. The first-order valence-electron chi connectivity index (χ1n) is 10.0. The van der Waals surface area contributed by atoms with Crippen molar-refractivity contribution in [2.24, 2.45) is 23.2 Å². The highest BCUT2D eigenvalue weighted by molar-refractivity contribution is 6.04. The minimum absolute atomic E-state index is 0.0420. The van der Waals surface area contributed by atoms with Gasteiger partial charge in [-0.1, -0.05) is 6.07 Å². The first-order valence-corrected chi connectivity index (χ1v) is 10.0. The molecule has 0 radical (unpaired) electrons. The monoisotopic (exact) mass is 366 g/mol. The van der Waals surface area contributed by atoms with E-state index in [4.69, 9.17) is 4.74 Å². The molecule has 1 amide bonds. The molecule has 4 aliphatic rings. The van der Waals surface area contributed by atoms with Gasteiger partial charge in [-0.15, -0.1) is 0 Å². The van der Waals surface area contributed by atoms with Gasteiger partial charge in [0, 0.05) is 36.3 Å². The molecule has 5 nitrogen and oxygen atoms in total. The lowest BCUT2D eigenvalue weighted by Crippen LogP contribution is -2.37. The SMILES string of the molecule is COCCn1ccc2c(NC(=O)C34CC5CC3C[C@H](C5)C4)cccc2c1=O. The van der Waals surface area contributed by atoms with Gasteiger partial charge in [0.15, 0.2) is 0 Å². The van der Waals surface area contributed by atoms with Crippen LogP contribution in [0.25, 0.3) is 10.8 Å².